The van der Waals surface area contributed by atoms with Gasteiger partial charge in [-0.05, 0) is 24.3 Å². The maximum Gasteiger partial charge on any atom is 0.335 e. The summed E-state index contributed by atoms with van der Waals surface area (Å²) in [5.41, 5.74) is 3.49. The fraction of sp³-hybridized carbons (Fsp3) is 0.312. The lowest BCUT2D eigenvalue weighted by Gasteiger charge is -2.34. The molecule has 0 bridgehead atoms. The predicted octanol–water partition coefficient (Wildman–Crippen LogP) is 0.889. The Balaban J connectivity index is 1.79. The van der Waals surface area contributed by atoms with Crippen LogP contribution in [0, 0.1) is 5.92 Å². The van der Waals surface area contributed by atoms with Gasteiger partial charge >= 0.3 is 6.03 Å². The van der Waals surface area contributed by atoms with Crippen LogP contribution in [0.2, 0.25) is 5.02 Å². The van der Waals surface area contributed by atoms with Gasteiger partial charge in [-0.1, -0.05) is 18.2 Å². The van der Waals surface area contributed by atoms with Crippen LogP contribution in [0.25, 0.3) is 0 Å². The molecule has 25 heavy (non-hydrogen) atoms. The number of rotatable bonds is 4. The maximum atomic E-state index is 12.8. The number of amides is 4. The number of nitrogens with zero attached hydrogens (tertiary/aromatic N) is 2. The summed E-state index contributed by atoms with van der Waals surface area (Å²) in [6, 6.07) is 5.39. The van der Waals surface area contributed by atoms with Crippen molar-refractivity contribution >= 4 is 35.1 Å². The summed E-state index contributed by atoms with van der Waals surface area (Å²) in [7, 11) is 0. The van der Waals surface area contributed by atoms with Crippen LogP contribution in [0.15, 0.2) is 36.5 Å². The lowest BCUT2D eigenvalue weighted by atomic mass is 10.0. The Morgan fingerprint density at radius 1 is 1.20 bits per heavy atom. The molecule has 2 N–H and O–H groups in total. The van der Waals surface area contributed by atoms with Crippen LogP contribution in [0.1, 0.15) is 0 Å². The summed E-state index contributed by atoms with van der Waals surface area (Å²) < 4.78 is 5.25. The van der Waals surface area contributed by atoms with Crippen LogP contribution in [0.3, 0.4) is 0 Å². The average molecular weight is 365 g/mol. The minimum atomic E-state index is -1.21. The third-order valence-electron chi connectivity index (χ3n) is 3.91. The van der Waals surface area contributed by atoms with E-state index in [1.54, 1.807) is 12.1 Å². The van der Waals surface area contributed by atoms with E-state index in [4.69, 9.17) is 16.3 Å². The van der Waals surface area contributed by atoms with E-state index < -0.39 is 23.8 Å². The smallest absolute Gasteiger partial charge is 0.335 e. The molecule has 0 aliphatic carbocycles. The normalized spacial score (nSPS) is 21.9. The molecular weight excluding hydrogens is 348 g/mol. The quantitative estimate of drug-likeness (QED) is 0.771. The molecule has 0 radical (unpaired) electrons. The molecule has 0 unspecified atom stereocenters. The molecule has 8 nitrogen and oxygen atoms in total. The second-order valence-electron chi connectivity index (χ2n) is 5.61. The lowest BCUT2D eigenvalue weighted by Crippen LogP contribution is -2.60. The number of hydrogen-bond donors (Lipinski definition) is 2. The Morgan fingerprint density at radius 2 is 1.84 bits per heavy atom. The van der Waals surface area contributed by atoms with E-state index >= 15 is 0 Å². The number of halogens is 1. The van der Waals surface area contributed by atoms with E-state index in [0.29, 0.717) is 37.0 Å². The number of nitrogens with one attached hydrogen (secondary N) is 2. The van der Waals surface area contributed by atoms with Gasteiger partial charge in [-0.25, -0.2) is 14.7 Å². The zero-order chi connectivity index (χ0) is 18.0. The summed E-state index contributed by atoms with van der Waals surface area (Å²) >= 11 is 5.84. The van der Waals surface area contributed by atoms with Crippen molar-refractivity contribution in [1.82, 2.24) is 15.8 Å². The number of hydrazine groups is 1. The van der Waals surface area contributed by atoms with Crippen LogP contribution in [0.5, 0.6) is 0 Å². The number of imide groups is 2. The second-order valence-corrected chi connectivity index (χ2v) is 6.05. The predicted molar refractivity (Wildman–Crippen MR) is 90.6 cm³/mol. The van der Waals surface area contributed by atoms with Crippen molar-refractivity contribution < 1.29 is 19.1 Å². The minimum Gasteiger partial charge on any atom is -0.379 e. The molecule has 1 aromatic carbocycles. The SMILES string of the molecule is C=C(NN1CCOCC1)[C@H]1C(=O)NC(=O)N(c2ccc(Cl)cc2)C1=O. The Kier molecular flexibility index (Phi) is 5.03. The number of ether oxygens (including phenoxy) is 1. The first-order valence-corrected chi connectivity index (χ1v) is 8.07. The molecule has 3 rings (SSSR count). The summed E-state index contributed by atoms with van der Waals surface area (Å²) in [4.78, 5) is 38.0. The number of barbiturate groups is 1. The Labute approximate surface area is 149 Å². The van der Waals surface area contributed by atoms with Crippen LogP contribution >= 0.6 is 11.6 Å². The zero-order valence-corrected chi connectivity index (χ0v) is 14.1. The molecule has 0 spiro atoms. The van der Waals surface area contributed by atoms with Crippen molar-refractivity contribution in [3.63, 3.8) is 0 Å². The van der Waals surface area contributed by atoms with Gasteiger partial charge in [0.05, 0.1) is 18.9 Å². The van der Waals surface area contributed by atoms with Gasteiger partial charge in [-0.15, -0.1) is 0 Å². The first-order valence-electron chi connectivity index (χ1n) is 7.70. The summed E-state index contributed by atoms with van der Waals surface area (Å²) in [6.45, 7) is 6.09. The average Bonchev–Trinajstić information content (AvgIpc) is 2.57. The van der Waals surface area contributed by atoms with E-state index in [-0.39, 0.29) is 5.70 Å². The molecule has 2 aliphatic heterocycles. The van der Waals surface area contributed by atoms with Crippen LogP contribution in [-0.2, 0) is 14.3 Å². The van der Waals surface area contributed by atoms with Gasteiger partial charge in [-0.3, -0.25) is 14.9 Å². The number of carbonyl (C=O) groups excluding carboxylic acids is 3. The van der Waals surface area contributed by atoms with Crippen molar-refractivity contribution in [1.29, 1.82) is 0 Å². The van der Waals surface area contributed by atoms with Crippen molar-refractivity contribution in [2.75, 3.05) is 31.2 Å². The van der Waals surface area contributed by atoms with Crippen molar-refractivity contribution in [3.05, 3.63) is 41.6 Å². The standard InChI is InChI=1S/C16H17ClN4O4/c1-10(19-20-6-8-25-9-7-20)13-14(22)18-16(24)21(15(13)23)12-4-2-11(17)3-5-12/h2-5,13,19H,1,6-9H2,(H,18,22,24)/t13-/m0/s1. The molecule has 9 heteroatoms. The molecule has 2 fully saturated rings. The first kappa shape index (κ1) is 17.4. The number of anilines is 1. The number of carbonyl (C=O) groups is 3. The summed E-state index contributed by atoms with van der Waals surface area (Å²) in [6.07, 6.45) is 0. The monoisotopic (exact) mass is 364 g/mol. The van der Waals surface area contributed by atoms with Gasteiger partial charge in [0.15, 0.2) is 5.92 Å². The van der Waals surface area contributed by atoms with Gasteiger partial charge in [0.1, 0.15) is 0 Å². The van der Waals surface area contributed by atoms with Crippen LogP contribution in [0.4, 0.5) is 10.5 Å². The Hall–Kier alpha value is -2.42. The van der Waals surface area contributed by atoms with E-state index in [1.807, 2.05) is 5.01 Å². The minimum absolute atomic E-state index is 0.205. The Morgan fingerprint density at radius 3 is 2.48 bits per heavy atom. The van der Waals surface area contributed by atoms with E-state index in [1.165, 1.54) is 12.1 Å². The largest absolute Gasteiger partial charge is 0.379 e. The molecule has 2 heterocycles. The summed E-state index contributed by atoms with van der Waals surface area (Å²) in [5, 5.41) is 4.48. The fourth-order valence-corrected chi connectivity index (χ4v) is 2.79. The number of benzene rings is 1. The van der Waals surface area contributed by atoms with Crippen LogP contribution in [-0.4, -0.2) is 49.2 Å². The van der Waals surface area contributed by atoms with Crippen molar-refractivity contribution in [2.45, 2.75) is 0 Å². The second kappa shape index (κ2) is 7.22. The van der Waals surface area contributed by atoms with Gasteiger partial charge in [0, 0.05) is 23.8 Å². The molecule has 1 aromatic rings. The maximum absolute atomic E-state index is 12.8. The fourth-order valence-electron chi connectivity index (χ4n) is 2.66. The lowest BCUT2D eigenvalue weighted by molar-refractivity contribution is -0.133. The van der Waals surface area contributed by atoms with Gasteiger partial charge in [0.25, 0.3) is 5.91 Å². The van der Waals surface area contributed by atoms with Crippen LogP contribution < -0.4 is 15.6 Å². The van der Waals surface area contributed by atoms with E-state index in [2.05, 4.69) is 17.3 Å². The molecule has 0 saturated carbocycles. The third kappa shape index (κ3) is 3.65. The molecule has 0 aromatic heterocycles. The van der Waals surface area contributed by atoms with Gasteiger partial charge < -0.3 is 10.2 Å². The summed E-state index contributed by atoms with van der Waals surface area (Å²) in [5.74, 6) is -2.58. The number of urea groups is 1. The molecule has 4 amide bonds. The van der Waals surface area contributed by atoms with Gasteiger partial charge in [0.2, 0.25) is 5.91 Å². The topological polar surface area (TPSA) is 91.0 Å². The number of morpholine rings is 1. The van der Waals surface area contributed by atoms with Crippen molar-refractivity contribution in [3.8, 4) is 0 Å². The highest BCUT2D eigenvalue weighted by molar-refractivity contribution is 6.31. The highest BCUT2D eigenvalue weighted by atomic mass is 35.5. The molecule has 2 saturated heterocycles. The molecule has 132 valence electrons. The number of hydrogen-bond acceptors (Lipinski definition) is 6. The van der Waals surface area contributed by atoms with Crippen molar-refractivity contribution in [2.24, 2.45) is 5.92 Å². The first-order chi connectivity index (χ1) is 12.0. The Bertz CT molecular complexity index is 715. The van der Waals surface area contributed by atoms with E-state index in [9.17, 15) is 14.4 Å². The third-order valence-corrected chi connectivity index (χ3v) is 4.16. The molecule has 2 aliphatic rings. The highest BCUT2D eigenvalue weighted by Crippen LogP contribution is 2.24. The van der Waals surface area contributed by atoms with Gasteiger partial charge in [-0.2, -0.15) is 0 Å². The highest BCUT2D eigenvalue weighted by Gasteiger charge is 2.43. The molecule has 1 atom stereocenters. The zero-order valence-electron chi connectivity index (χ0n) is 13.3. The molecular formula is C16H17ClN4O4. The van der Waals surface area contributed by atoms with E-state index in [0.717, 1.165) is 4.90 Å².